The molecule has 0 aliphatic rings. The monoisotopic (exact) mass is 463 g/mol. The van der Waals surface area contributed by atoms with Gasteiger partial charge >= 0.3 is 0 Å². The first-order chi connectivity index (χ1) is 14.3. The lowest BCUT2D eigenvalue weighted by Gasteiger charge is -2.23. The van der Waals surface area contributed by atoms with Crippen LogP contribution in [0.25, 0.3) is 0 Å². The molecule has 0 radical (unpaired) electrons. The zero-order valence-corrected chi connectivity index (χ0v) is 18.9. The van der Waals surface area contributed by atoms with Crippen molar-refractivity contribution in [2.24, 2.45) is 0 Å². The number of carbonyl (C=O) groups is 1. The molecule has 0 fully saturated rings. The van der Waals surface area contributed by atoms with E-state index in [0.29, 0.717) is 17.3 Å². The van der Waals surface area contributed by atoms with Crippen LogP contribution in [0.5, 0.6) is 0 Å². The SMILES string of the molecule is CN(C)C(CNC(=O)c1cccc(S(=O)(=O)Nc2cccc(Cl)c2)c1)c1cccs1. The highest BCUT2D eigenvalue weighted by atomic mass is 35.5. The fourth-order valence-corrected chi connectivity index (χ4v) is 5.09. The second kappa shape index (κ2) is 9.61. The van der Waals surface area contributed by atoms with Gasteiger partial charge in [-0.15, -0.1) is 11.3 Å². The van der Waals surface area contributed by atoms with E-state index in [-0.39, 0.29) is 22.4 Å². The summed E-state index contributed by atoms with van der Waals surface area (Å²) in [5.41, 5.74) is 0.620. The summed E-state index contributed by atoms with van der Waals surface area (Å²) in [7, 11) is 0.0378. The second-order valence-electron chi connectivity index (χ2n) is 6.85. The number of hydrogen-bond acceptors (Lipinski definition) is 5. The van der Waals surface area contributed by atoms with Crippen LogP contribution in [0.4, 0.5) is 5.69 Å². The van der Waals surface area contributed by atoms with Gasteiger partial charge in [-0.3, -0.25) is 9.52 Å². The predicted molar refractivity (Wildman–Crippen MR) is 122 cm³/mol. The van der Waals surface area contributed by atoms with E-state index in [9.17, 15) is 13.2 Å². The number of likely N-dealkylation sites (N-methyl/N-ethyl adjacent to an activating group) is 1. The van der Waals surface area contributed by atoms with E-state index in [4.69, 9.17) is 11.6 Å². The number of halogens is 1. The van der Waals surface area contributed by atoms with Crippen LogP contribution in [0.3, 0.4) is 0 Å². The Morgan fingerprint density at radius 2 is 1.87 bits per heavy atom. The third-order valence-electron chi connectivity index (χ3n) is 4.43. The van der Waals surface area contributed by atoms with Crippen LogP contribution in [0.2, 0.25) is 5.02 Å². The Morgan fingerprint density at radius 3 is 2.53 bits per heavy atom. The first-order valence-electron chi connectivity index (χ1n) is 9.13. The summed E-state index contributed by atoms with van der Waals surface area (Å²) in [6, 6.07) is 16.4. The number of sulfonamides is 1. The number of benzene rings is 2. The van der Waals surface area contributed by atoms with Gasteiger partial charge in [0.25, 0.3) is 15.9 Å². The van der Waals surface area contributed by atoms with Gasteiger partial charge in [-0.25, -0.2) is 8.42 Å². The van der Waals surface area contributed by atoms with Gasteiger partial charge in [0.05, 0.1) is 16.6 Å². The lowest BCUT2D eigenvalue weighted by molar-refractivity contribution is 0.0942. The maximum Gasteiger partial charge on any atom is 0.261 e. The molecule has 30 heavy (non-hydrogen) atoms. The summed E-state index contributed by atoms with van der Waals surface area (Å²) >= 11 is 7.54. The smallest absolute Gasteiger partial charge is 0.261 e. The molecule has 1 heterocycles. The molecule has 6 nitrogen and oxygen atoms in total. The highest BCUT2D eigenvalue weighted by Crippen LogP contribution is 2.23. The molecular formula is C21H22ClN3O3S2. The Kier molecular flexibility index (Phi) is 7.14. The van der Waals surface area contributed by atoms with Gasteiger partial charge in [-0.05, 0) is 61.9 Å². The van der Waals surface area contributed by atoms with Crippen LogP contribution in [-0.4, -0.2) is 39.9 Å². The first-order valence-corrected chi connectivity index (χ1v) is 11.9. The van der Waals surface area contributed by atoms with Crippen molar-refractivity contribution >= 4 is 44.6 Å². The molecule has 0 saturated heterocycles. The van der Waals surface area contributed by atoms with Crippen molar-refractivity contribution in [2.45, 2.75) is 10.9 Å². The third kappa shape index (κ3) is 5.60. The molecule has 0 spiro atoms. The molecule has 3 rings (SSSR count). The van der Waals surface area contributed by atoms with Gasteiger partial charge in [-0.1, -0.05) is 29.8 Å². The molecule has 0 saturated carbocycles. The number of thiophene rings is 1. The van der Waals surface area contributed by atoms with E-state index < -0.39 is 10.0 Å². The normalized spacial score (nSPS) is 12.5. The van der Waals surface area contributed by atoms with Gasteiger partial charge in [0.2, 0.25) is 0 Å². The van der Waals surface area contributed by atoms with Crippen LogP contribution >= 0.6 is 22.9 Å². The zero-order valence-electron chi connectivity index (χ0n) is 16.5. The van der Waals surface area contributed by atoms with Crippen LogP contribution < -0.4 is 10.0 Å². The molecule has 0 bridgehead atoms. The molecule has 1 amide bonds. The molecule has 1 atom stereocenters. The van der Waals surface area contributed by atoms with Gasteiger partial charge in [0.15, 0.2) is 0 Å². The van der Waals surface area contributed by atoms with Gasteiger partial charge in [-0.2, -0.15) is 0 Å². The number of nitrogens with zero attached hydrogens (tertiary/aromatic N) is 1. The molecule has 1 unspecified atom stereocenters. The number of anilines is 1. The Labute approximate surface area is 185 Å². The molecule has 3 aromatic rings. The quantitative estimate of drug-likeness (QED) is 0.523. The van der Waals surface area contributed by atoms with Gasteiger partial charge in [0, 0.05) is 22.0 Å². The summed E-state index contributed by atoms with van der Waals surface area (Å²) in [5, 5.41) is 5.31. The minimum Gasteiger partial charge on any atom is -0.350 e. The van der Waals surface area contributed by atoms with E-state index >= 15 is 0 Å². The highest BCUT2D eigenvalue weighted by Gasteiger charge is 2.19. The topological polar surface area (TPSA) is 78.5 Å². The standard InChI is InChI=1S/C21H22ClN3O3S2/c1-25(2)19(20-10-5-11-29-20)14-23-21(26)15-6-3-9-18(12-15)30(27,28)24-17-8-4-7-16(22)13-17/h3-13,19,24H,14H2,1-2H3,(H,23,26). The van der Waals surface area contributed by atoms with Crippen LogP contribution in [0.1, 0.15) is 21.3 Å². The Balaban J connectivity index is 1.73. The van der Waals surface area contributed by atoms with Crippen molar-refractivity contribution in [1.82, 2.24) is 10.2 Å². The van der Waals surface area contributed by atoms with Crippen molar-refractivity contribution in [3.8, 4) is 0 Å². The summed E-state index contributed by atoms with van der Waals surface area (Å²) in [5.74, 6) is -0.335. The Bertz CT molecular complexity index is 1120. The van der Waals surface area contributed by atoms with Crippen molar-refractivity contribution < 1.29 is 13.2 Å². The first kappa shape index (κ1) is 22.3. The summed E-state index contributed by atoms with van der Waals surface area (Å²) in [4.78, 5) is 15.8. The molecule has 0 aliphatic carbocycles. The fourth-order valence-electron chi connectivity index (χ4n) is 2.88. The van der Waals surface area contributed by atoms with Crippen molar-refractivity contribution in [2.75, 3.05) is 25.4 Å². The lowest BCUT2D eigenvalue weighted by atomic mass is 10.2. The fraction of sp³-hybridized carbons (Fsp3) is 0.190. The number of nitrogens with one attached hydrogen (secondary N) is 2. The van der Waals surface area contributed by atoms with E-state index in [1.807, 2.05) is 36.5 Å². The summed E-state index contributed by atoms with van der Waals surface area (Å²) in [6.45, 7) is 0.407. The van der Waals surface area contributed by atoms with Crippen molar-refractivity contribution in [3.63, 3.8) is 0 Å². The maximum absolute atomic E-state index is 12.7. The Hall–Kier alpha value is -2.39. The van der Waals surface area contributed by atoms with Crippen LogP contribution in [-0.2, 0) is 10.0 Å². The molecule has 9 heteroatoms. The maximum atomic E-state index is 12.7. The number of rotatable bonds is 8. The average molecular weight is 464 g/mol. The molecule has 1 aromatic heterocycles. The Morgan fingerprint density at radius 1 is 1.10 bits per heavy atom. The predicted octanol–water partition coefficient (Wildman–Crippen LogP) is 4.24. The summed E-state index contributed by atoms with van der Waals surface area (Å²) < 4.78 is 27.9. The van der Waals surface area contributed by atoms with Crippen LogP contribution in [0.15, 0.2) is 70.9 Å². The molecule has 2 aromatic carbocycles. The molecule has 2 N–H and O–H groups in total. The van der Waals surface area contributed by atoms with Gasteiger partial charge < -0.3 is 10.2 Å². The van der Waals surface area contributed by atoms with Gasteiger partial charge in [0.1, 0.15) is 0 Å². The largest absolute Gasteiger partial charge is 0.350 e. The highest BCUT2D eigenvalue weighted by molar-refractivity contribution is 7.92. The molecule has 0 aliphatic heterocycles. The van der Waals surface area contributed by atoms with E-state index in [2.05, 4.69) is 10.0 Å². The van der Waals surface area contributed by atoms with E-state index in [0.717, 1.165) is 4.88 Å². The molecular weight excluding hydrogens is 442 g/mol. The minimum atomic E-state index is -3.86. The minimum absolute atomic E-state index is 0.00228. The van der Waals surface area contributed by atoms with Crippen molar-refractivity contribution in [1.29, 1.82) is 0 Å². The van der Waals surface area contributed by atoms with Crippen LogP contribution in [0, 0.1) is 0 Å². The number of hydrogen-bond donors (Lipinski definition) is 2. The summed E-state index contributed by atoms with van der Waals surface area (Å²) in [6.07, 6.45) is 0. The average Bonchev–Trinajstić information content (AvgIpc) is 3.22. The number of carbonyl (C=O) groups excluding carboxylic acids is 1. The molecule has 158 valence electrons. The van der Waals surface area contributed by atoms with E-state index in [1.54, 1.807) is 41.7 Å². The van der Waals surface area contributed by atoms with E-state index in [1.165, 1.54) is 18.2 Å². The number of amides is 1. The van der Waals surface area contributed by atoms with Crippen molar-refractivity contribution in [3.05, 3.63) is 81.5 Å². The zero-order chi connectivity index (χ0) is 21.7. The second-order valence-corrected chi connectivity index (χ2v) is 9.95. The lowest BCUT2D eigenvalue weighted by Crippen LogP contribution is -2.34. The third-order valence-corrected chi connectivity index (χ3v) is 7.02.